The standard InChI is InChI=1S/C15H11BrN4/c16-11-4-3-5-12(8-11)20-14-7-2-1-6-13(14)19-10-17-9-18-15(19)20/h1-10,15H. The second kappa shape index (κ2) is 4.45. The summed E-state index contributed by atoms with van der Waals surface area (Å²) in [4.78, 5) is 12.9. The molecule has 0 N–H and O–H groups in total. The molecule has 98 valence electrons. The number of aliphatic imine (C=N–C) groups is 2. The highest BCUT2D eigenvalue weighted by atomic mass is 79.9. The highest BCUT2D eigenvalue weighted by Gasteiger charge is 2.36. The molecule has 0 amide bonds. The zero-order chi connectivity index (χ0) is 13.5. The van der Waals surface area contributed by atoms with Gasteiger partial charge >= 0.3 is 0 Å². The Morgan fingerprint density at radius 2 is 1.85 bits per heavy atom. The summed E-state index contributed by atoms with van der Waals surface area (Å²) >= 11 is 3.53. The van der Waals surface area contributed by atoms with E-state index in [1.807, 2.05) is 30.6 Å². The molecule has 0 saturated carbocycles. The van der Waals surface area contributed by atoms with Gasteiger partial charge in [0.25, 0.3) is 0 Å². The first-order valence-corrected chi connectivity index (χ1v) is 7.11. The molecule has 2 aliphatic heterocycles. The van der Waals surface area contributed by atoms with Gasteiger partial charge in [0.1, 0.15) is 12.7 Å². The Hall–Kier alpha value is -2.14. The van der Waals surface area contributed by atoms with Crippen molar-refractivity contribution in [3.05, 3.63) is 53.0 Å². The number of benzene rings is 2. The first-order chi connectivity index (χ1) is 9.84. The topological polar surface area (TPSA) is 31.2 Å². The quantitative estimate of drug-likeness (QED) is 0.799. The van der Waals surface area contributed by atoms with Gasteiger partial charge in [0.2, 0.25) is 6.29 Å². The third-order valence-corrected chi connectivity index (χ3v) is 3.94. The highest BCUT2D eigenvalue weighted by Crippen LogP contribution is 2.44. The van der Waals surface area contributed by atoms with Crippen LogP contribution in [0.4, 0.5) is 17.1 Å². The van der Waals surface area contributed by atoms with Crippen molar-refractivity contribution in [2.24, 2.45) is 9.98 Å². The molecule has 0 saturated heterocycles. The molecule has 0 aliphatic carbocycles. The number of halogens is 1. The summed E-state index contributed by atoms with van der Waals surface area (Å²) in [6.07, 6.45) is 3.34. The van der Waals surface area contributed by atoms with Gasteiger partial charge in [-0.15, -0.1) is 0 Å². The molecule has 0 spiro atoms. The molecule has 1 unspecified atom stereocenters. The molecule has 0 radical (unpaired) electrons. The average Bonchev–Trinajstić information content (AvgIpc) is 2.82. The van der Waals surface area contributed by atoms with E-state index in [1.54, 1.807) is 6.34 Å². The predicted molar refractivity (Wildman–Crippen MR) is 86.0 cm³/mol. The molecule has 2 aromatic rings. The van der Waals surface area contributed by atoms with E-state index in [9.17, 15) is 0 Å². The predicted octanol–water partition coefficient (Wildman–Crippen LogP) is 3.76. The van der Waals surface area contributed by atoms with Crippen molar-refractivity contribution in [1.82, 2.24) is 0 Å². The molecule has 2 aromatic carbocycles. The molecule has 20 heavy (non-hydrogen) atoms. The molecular formula is C15H11BrN4. The Morgan fingerprint density at radius 3 is 2.70 bits per heavy atom. The van der Waals surface area contributed by atoms with Crippen LogP contribution >= 0.6 is 15.9 Å². The first-order valence-electron chi connectivity index (χ1n) is 6.32. The van der Waals surface area contributed by atoms with Crippen LogP contribution in [-0.4, -0.2) is 19.0 Å². The normalized spacial score (nSPS) is 19.1. The Kier molecular flexibility index (Phi) is 2.60. The Morgan fingerprint density at radius 1 is 1.00 bits per heavy atom. The van der Waals surface area contributed by atoms with Gasteiger partial charge in [-0.05, 0) is 30.3 Å². The third-order valence-electron chi connectivity index (χ3n) is 3.44. The minimum absolute atomic E-state index is 0.0980. The summed E-state index contributed by atoms with van der Waals surface area (Å²) < 4.78 is 1.05. The van der Waals surface area contributed by atoms with E-state index in [4.69, 9.17) is 0 Å². The van der Waals surface area contributed by atoms with Crippen LogP contribution < -0.4 is 9.80 Å². The fourth-order valence-corrected chi connectivity index (χ4v) is 3.01. The summed E-state index contributed by atoms with van der Waals surface area (Å²) in [6.45, 7) is 0. The van der Waals surface area contributed by atoms with Crippen molar-refractivity contribution in [3.8, 4) is 0 Å². The lowest BCUT2D eigenvalue weighted by Gasteiger charge is -2.28. The minimum atomic E-state index is -0.0980. The molecule has 2 aliphatic rings. The number of nitrogens with zero attached hydrogens (tertiary/aromatic N) is 4. The highest BCUT2D eigenvalue weighted by molar-refractivity contribution is 9.10. The molecule has 5 heteroatoms. The van der Waals surface area contributed by atoms with Gasteiger partial charge in [-0.3, -0.25) is 9.80 Å². The molecule has 0 bridgehead atoms. The van der Waals surface area contributed by atoms with Crippen molar-refractivity contribution < 1.29 is 0 Å². The van der Waals surface area contributed by atoms with Crippen LogP contribution in [0.2, 0.25) is 0 Å². The van der Waals surface area contributed by atoms with E-state index in [2.05, 4.69) is 60.0 Å². The Labute approximate surface area is 125 Å². The van der Waals surface area contributed by atoms with Crippen molar-refractivity contribution >= 4 is 45.7 Å². The Bertz CT molecular complexity index is 725. The summed E-state index contributed by atoms with van der Waals surface area (Å²) in [5, 5.41) is 0. The van der Waals surface area contributed by atoms with Gasteiger partial charge in [0.05, 0.1) is 11.4 Å². The first kappa shape index (κ1) is 11.7. The van der Waals surface area contributed by atoms with Crippen molar-refractivity contribution in [2.75, 3.05) is 9.80 Å². The summed E-state index contributed by atoms with van der Waals surface area (Å²) in [6, 6.07) is 16.5. The van der Waals surface area contributed by atoms with Crippen LogP contribution in [0.15, 0.2) is 63.0 Å². The van der Waals surface area contributed by atoms with Crippen LogP contribution in [0, 0.1) is 0 Å². The second-order valence-electron chi connectivity index (χ2n) is 4.62. The van der Waals surface area contributed by atoms with E-state index in [-0.39, 0.29) is 6.29 Å². The van der Waals surface area contributed by atoms with E-state index in [1.165, 1.54) is 0 Å². The lowest BCUT2D eigenvalue weighted by Crippen LogP contribution is -2.40. The fraction of sp³-hybridized carbons (Fsp3) is 0.0667. The SMILES string of the molecule is Brc1cccc(N2c3ccccc3N3C=NC=NC32)c1. The zero-order valence-electron chi connectivity index (χ0n) is 10.5. The molecule has 2 heterocycles. The van der Waals surface area contributed by atoms with Gasteiger partial charge in [-0.25, -0.2) is 9.98 Å². The smallest absolute Gasteiger partial charge is 0.210 e. The van der Waals surface area contributed by atoms with Gasteiger partial charge in [0.15, 0.2) is 0 Å². The van der Waals surface area contributed by atoms with Crippen molar-refractivity contribution in [3.63, 3.8) is 0 Å². The maximum atomic E-state index is 4.51. The van der Waals surface area contributed by atoms with Crippen LogP contribution in [0.1, 0.15) is 0 Å². The summed E-state index contributed by atoms with van der Waals surface area (Å²) in [5.74, 6) is 0. The van der Waals surface area contributed by atoms with E-state index in [0.29, 0.717) is 0 Å². The van der Waals surface area contributed by atoms with Crippen LogP contribution in [0.25, 0.3) is 0 Å². The molecule has 1 atom stereocenters. The molecule has 4 rings (SSSR count). The summed E-state index contributed by atoms with van der Waals surface area (Å²) in [7, 11) is 0. The Balaban J connectivity index is 1.90. The minimum Gasteiger partial charge on any atom is -0.299 e. The molecular weight excluding hydrogens is 316 g/mol. The van der Waals surface area contributed by atoms with E-state index in [0.717, 1.165) is 21.5 Å². The molecule has 0 fully saturated rings. The number of hydrogen-bond acceptors (Lipinski definition) is 4. The third kappa shape index (κ3) is 1.67. The van der Waals surface area contributed by atoms with Crippen LogP contribution in [-0.2, 0) is 0 Å². The second-order valence-corrected chi connectivity index (χ2v) is 5.54. The fourth-order valence-electron chi connectivity index (χ4n) is 2.62. The van der Waals surface area contributed by atoms with E-state index < -0.39 is 0 Å². The maximum absolute atomic E-state index is 4.51. The lowest BCUT2D eigenvalue weighted by molar-refractivity contribution is 0.742. The van der Waals surface area contributed by atoms with Gasteiger partial charge < -0.3 is 0 Å². The van der Waals surface area contributed by atoms with E-state index >= 15 is 0 Å². The van der Waals surface area contributed by atoms with Crippen molar-refractivity contribution in [2.45, 2.75) is 6.29 Å². The average molecular weight is 327 g/mol. The summed E-state index contributed by atoms with van der Waals surface area (Å²) in [5.41, 5.74) is 3.37. The van der Waals surface area contributed by atoms with Crippen molar-refractivity contribution in [1.29, 1.82) is 0 Å². The number of rotatable bonds is 1. The van der Waals surface area contributed by atoms with Crippen LogP contribution in [0.3, 0.4) is 0 Å². The number of hydrogen-bond donors (Lipinski definition) is 0. The van der Waals surface area contributed by atoms with Gasteiger partial charge in [-0.1, -0.05) is 34.1 Å². The van der Waals surface area contributed by atoms with Gasteiger partial charge in [0, 0.05) is 10.2 Å². The number of para-hydroxylation sites is 2. The monoisotopic (exact) mass is 326 g/mol. The molecule has 4 nitrogen and oxygen atoms in total. The number of anilines is 3. The molecule has 0 aromatic heterocycles. The largest absolute Gasteiger partial charge is 0.299 e. The maximum Gasteiger partial charge on any atom is 0.210 e. The number of fused-ring (bicyclic) bond motifs is 3. The lowest BCUT2D eigenvalue weighted by atomic mass is 10.2. The van der Waals surface area contributed by atoms with Gasteiger partial charge in [-0.2, -0.15) is 0 Å². The van der Waals surface area contributed by atoms with Crippen LogP contribution in [0.5, 0.6) is 0 Å². The zero-order valence-corrected chi connectivity index (χ0v) is 12.1.